The van der Waals surface area contributed by atoms with E-state index in [0.717, 1.165) is 6.54 Å². The summed E-state index contributed by atoms with van der Waals surface area (Å²) in [4.78, 5) is 17.7. The van der Waals surface area contributed by atoms with Gasteiger partial charge in [-0.2, -0.15) is 0 Å². The zero-order chi connectivity index (χ0) is 11.8. The largest absolute Gasteiger partial charge is 0.391 e. The maximum absolute atomic E-state index is 11.3. The third-order valence-corrected chi connectivity index (χ3v) is 3.61. The molecule has 2 rings (SSSR count). The molecule has 0 atom stereocenters. The van der Waals surface area contributed by atoms with E-state index in [4.69, 9.17) is 5.73 Å². The summed E-state index contributed by atoms with van der Waals surface area (Å²) >= 11 is 0. The molecule has 0 radical (unpaired) electrons. The Morgan fingerprint density at radius 3 is 2.88 bits per heavy atom. The predicted octanol–water partition coefficient (Wildman–Crippen LogP) is 1.20. The Labute approximate surface area is 94.5 Å². The Balaban J connectivity index is 2.06. The predicted molar refractivity (Wildman–Crippen MR) is 64.3 cm³/mol. The number of hydrogen-bond donors (Lipinski definition) is 3. The number of nitrogens with two attached hydrogens (primary N) is 1. The normalized spacial score (nSPS) is 17.4. The Morgan fingerprint density at radius 2 is 2.31 bits per heavy atom. The Bertz CT molecular complexity index is 434. The van der Waals surface area contributed by atoms with E-state index < -0.39 is 0 Å². The van der Waals surface area contributed by atoms with Crippen molar-refractivity contribution in [1.82, 2.24) is 9.97 Å². The maximum Gasteiger partial charge on any atom is 0.276 e. The Hall–Kier alpha value is -1.52. The van der Waals surface area contributed by atoms with Crippen molar-refractivity contribution in [2.75, 3.05) is 17.6 Å². The molecule has 0 amide bonds. The van der Waals surface area contributed by atoms with Gasteiger partial charge in [-0.1, -0.05) is 13.8 Å². The summed E-state index contributed by atoms with van der Waals surface area (Å²) in [6.45, 7) is 5.29. The van der Waals surface area contributed by atoms with Crippen LogP contribution in [0.5, 0.6) is 0 Å². The summed E-state index contributed by atoms with van der Waals surface area (Å²) < 4.78 is 0. The number of aromatic amines is 1. The first-order valence-corrected chi connectivity index (χ1v) is 5.62. The van der Waals surface area contributed by atoms with Crippen molar-refractivity contribution in [2.24, 2.45) is 11.3 Å². The van der Waals surface area contributed by atoms with Gasteiger partial charge in [-0.3, -0.25) is 4.79 Å². The lowest BCUT2D eigenvalue weighted by Gasteiger charge is -2.20. The second-order valence-corrected chi connectivity index (χ2v) is 4.86. The fourth-order valence-electron chi connectivity index (χ4n) is 1.93. The van der Waals surface area contributed by atoms with Crippen LogP contribution >= 0.6 is 0 Å². The van der Waals surface area contributed by atoms with E-state index in [2.05, 4.69) is 29.1 Å². The highest BCUT2D eigenvalue weighted by molar-refractivity contribution is 5.59. The fraction of sp³-hybridized carbons (Fsp3) is 0.636. The molecule has 0 unspecified atom stereocenters. The first kappa shape index (κ1) is 11.0. The second-order valence-electron chi connectivity index (χ2n) is 4.86. The van der Waals surface area contributed by atoms with Gasteiger partial charge in [0.15, 0.2) is 5.82 Å². The van der Waals surface area contributed by atoms with Crippen molar-refractivity contribution in [3.63, 3.8) is 0 Å². The van der Waals surface area contributed by atoms with Gasteiger partial charge in [0.1, 0.15) is 5.69 Å². The molecule has 1 heterocycles. The molecule has 4 N–H and O–H groups in total. The van der Waals surface area contributed by atoms with Gasteiger partial charge < -0.3 is 16.0 Å². The summed E-state index contributed by atoms with van der Waals surface area (Å²) in [5.41, 5.74) is 5.89. The van der Waals surface area contributed by atoms with E-state index >= 15 is 0 Å². The average Bonchev–Trinajstić information content (AvgIpc) is 3.01. The zero-order valence-corrected chi connectivity index (χ0v) is 9.71. The molecule has 1 fully saturated rings. The van der Waals surface area contributed by atoms with Gasteiger partial charge in [0.05, 0.1) is 6.33 Å². The molecule has 0 aromatic carbocycles. The molecule has 1 aromatic heterocycles. The third kappa shape index (κ3) is 1.89. The minimum atomic E-state index is -0.285. The van der Waals surface area contributed by atoms with Crippen LogP contribution in [0.4, 0.5) is 11.5 Å². The van der Waals surface area contributed by atoms with E-state index in [0.29, 0.717) is 17.2 Å². The topological polar surface area (TPSA) is 83.8 Å². The van der Waals surface area contributed by atoms with Crippen LogP contribution < -0.4 is 16.6 Å². The van der Waals surface area contributed by atoms with E-state index in [9.17, 15) is 4.79 Å². The van der Waals surface area contributed by atoms with Crippen LogP contribution in [-0.4, -0.2) is 16.5 Å². The van der Waals surface area contributed by atoms with Crippen molar-refractivity contribution in [3.8, 4) is 0 Å². The number of nitrogens with one attached hydrogen (secondary N) is 2. The summed E-state index contributed by atoms with van der Waals surface area (Å²) in [5.74, 6) is 1.14. The lowest BCUT2D eigenvalue weighted by atomic mass is 9.92. The van der Waals surface area contributed by atoms with Gasteiger partial charge in [0.2, 0.25) is 0 Å². The standard InChI is InChI=1S/C11H18N4O/c1-7(2)11(3-4-11)5-13-9-8(12)10(16)15-6-14-9/h6-7H,3-5,12H2,1-2H3,(H2,13,14,15,16). The van der Waals surface area contributed by atoms with Crippen molar-refractivity contribution in [1.29, 1.82) is 0 Å². The lowest BCUT2D eigenvalue weighted by Crippen LogP contribution is -2.23. The van der Waals surface area contributed by atoms with Crippen molar-refractivity contribution < 1.29 is 0 Å². The highest BCUT2D eigenvalue weighted by Gasteiger charge is 2.45. The molecule has 5 heteroatoms. The van der Waals surface area contributed by atoms with Gasteiger partial charge in [-0.25, -0.2) is 4.98 Å². The molecule has 5 nitrogen and oxygen atoms in total. The molecular weight excluding hydrogens is 204 g/mol. The summed E-state index contributed by atoms with van der Waals surface area (Å²) in [6.07, 6.45) is 3.84. The van der Waals surface area contributed by atoms with Gasteiger partial charge in [-0.05, 0) is 24.2 Å². The van der Waals surface area contributed by atoms with Crippen molar-refractivity contribution in [3.05, 3.63) is 16.7 Å². The number of hydrogen-bond acceptors (Lipinski definition) is 4. The minimum Gasteiger partial charge on any atom is -0.391 e. The SMILES string of the molecule is CC(C)C1(CNc2nc[nH]c(=O)c2N)CC1. The van der Waals surface area contributed by atoms with Gasteiger partial charge >= 0.3 is 0 Å². The molecule has 1 saturated carbocycles. The van der Waals surface area contributed by atoms with Crippen molar-refractivity contribution >= 4 is 11.5 Å². The molecule has 0 aliphatic heterocycles. The van der Waals surface area contributed by atoms with Crippen LogP contribution in [0.25, 0.3) is 0 Å². The summed E-state index contributed by atoms with van der Waals surface area (Å²) in [6, 6.07) is 0. The summed E-state index contributed by atoms with van der Waals surface area (Å²) in [7, 11) is 0. The third-order valence-electron chi connectivity index (χ3n) is 3.61. The number of aromatic nitrogens is 2. The summed E-state index contributed by atoms with van der Waals surface area (Å²) in [5, 5.41) is 3.18. The molecule has 1 aromatic rings. The van der Waals surface area contributed by atoms with E-state index in [-0.39, 0.29) is 11.2 Å². The van der Waals surface area contributed by atoms with E-state index in [1.54, 1.807) is 0 Å². The van der Waals surface area contributed by atoms with Crippen LogP contribution in [0.3, 0.4) is 0 Å². The number of rotatable bonds is 4. The van der Waals surface area contributed by atoms with Crippen LogP contribution in [0.1, 0.15) is 26.7 Å². The maximum atomic E-state index is 11.3. The van der Waals surface area contributed by atoms with Crippen LogP contribution in [0, 0.1) is 11.3 Å². The van der Waals surface area contributed by atoms with Crippen LogP contribution in [0.15, 0.2) is 11.1 Å². The molecule has 1 aliphatic carbocycles. The smallest absolute Gasteiger partial charge is 0.276 e. The molecule has 1 aliphatic rings. The number of H-pyrrole nitrogens is 1. The molecule has 0 saturated heterocycles. The lowest BCUT2D eigenvalue weighted by molar-refractivity contribution is 0.380. The average molecular weight is 222 g/mol. The van der Waals surface area contributed by atoms with E-state index in [1.165, 1.54) is 19.2 Å². The number of anilines is 2. The van der Waals surface area contributed by atoms with Gasteiger partial charge in [-0.15, -0.1) is 0 Å². The first-order valence-electron chi connectivity index (χ1n) is 5.62. The van der Waals surface area contributed by atoms with Crippen molar-refractivity contribution in [2.45, 2.75) is 26.7 Å². The number of nitrogen functional groups attached to an aromatic ring is 1. The second kappa shape index (κ2) is 3.81. The minimum absolute atomic E-state index is 0.169. The molecule has 88 valence electrons. The molecular formula is C11H18N4O. The number of nitrogens with zero attached hydrogens (tertiary/aromatic N) is 1. The first-order chi connectivity index (χ1) is 7.55. The highest BCUT2D eigenvalue weighted by Crippen LogP contribution is 2.51. The Kier molecular flexibility index (Phi) is 2.61. The monoisotopic (exact) mass is 222 g/mol. The molecule has 16 heavy (non-hydrogen) atoms. The van der Waals surface area contributed by atoms with Gasteiger partial charge in [0, 0.05) is 6.54 Å². The van der Waals surface area contributed by atoms with Crippen LogP contribution in [-0.2, 0) is 0 Å². The zero-order valence-electron chi connectivity index (χ0n) is 9.71. The molecule has 0 bridgehead atoms. The Morgan fingerprint density at radius 1 is 1.62 bits per heavy atom. The molecule has 0 spiro atoms. The van der Waals surface area contributed by atoms with Gasteiger partial charge in [0.25, 0.3) is 5.56 Å². The fourth-order valence-corrected chi connectivity index (χ4v) is 1.93. The van der Waals surface area contributed by atoms with E-state index in [1.807, 2.05) is 0 Å². The quantitative estimate of drug-likeness (QED) is 0.714. The van der Waals surface area contributed by atoms with Crippen LogP contribution in [0.2, 0.25) is 0 Å². The highest BCUT2D eigenvalue weighted by atomic mass is 16.1.